The molecule has 0 spiro atoms. The lowest BCUT2D eigenvalue weighted by molar-refractivity contribution is -0.0817. The Bertz CT molecular complexity index is 521. The maximum atomic E-state index is 5.94. The SMILES string of the molecule is COCCN=C(NCCc1ccco1)N1CCOC(C2CCCO2)C1.I. The topological polar surface area (TPSA) is 68.5 Å². The van der Waals surface area contributed by atoms with Gasteiger partial charge in [-0.05, 0) is 25.0 Å². The average Bonchev–Trinajstić information content (AvgIpc) is 3.34. The Hall–Kier alpha value is -0.840. The molecule has 2 saturated heterocycles. The highest BCUT2D eigenvalue weighted by molar-refractivity contribution is 14.0. The van der Waals surface area contributed by atoms with Gasteiger partial charge in [0.1, 0.15) is 11.9 Å². The number of morpholine rings is 1. The van der Waals surface area contributed by atoms with E-state index in [9.17, 15) is 0 Å². The summed E-state index contributed by atoms with van der Waals surface area (Å²) in [6.07, 6.45) is 5.08. The minimum absolute atomic E-state index is 0. The molecule has 0 aromatic carbocycles. The number of aliphatic imine (C=N–C) groups is 1. The zero-order chi connectivity index (χ0) is 17.3. The fourth-order valence-corrected chi connectivity index (χ4v) is 3.25. The van der Waals surface area contributed by atoms with Gasteiger partial charge in [-0.1, -0.05) is 0 Å². The highest BCUT2D eigenvalue weighted by atomic mass is 127. The summed E-state index contributed by atoms with van der Waals surface area (Å²) in [5.41, 5.74) is 0. The standard InChI is InChI=1S/C18H29N3O4.HI/c1-22-12-8-20-18(19-7-6-15-4-2-10-23-15)21-9-13-25-17(14-21)16-5-3-11-24-16;/h2,4,10,16-17H,3,5-9,11-14H2,1H3,(H,19,20);1H. The first-order valence-corrected chi connectivity index (χ1v) is 9.14. The van der Waals surface area contributed by atoms with Crippen molar-refractivity contribution in [2.75, 3.05) is 53.1 Å². The molecule has 2 fully saturated rings. The summed E-state index contributed by atoms with van der Waals surface area (Å²) in [6.45, 7) is 5.23. The second kappa shape index (κ2) is 11.8. The zero-order valence-electron chi connectivity index (χ0n) is 15.4. The van der Waals surface area contributed by atoms with Crippen LogP contribution in [0.5, 0.6) is 0 Å². The Morgan fingerprint density at radius 1 is 1.35 bits per heavy atom. The van der Waals surface area contributed by atoms with Crippen molar-refractivity contribution in [3.8, 4) is 0 Å². The Labute approximate surface area is 172 Å². The molecule has 8 heteroatoms. The van der Waals surface area contributed by atoms with Gasteiger partial charge in [-0.15, -0.1) is 24.0 Å². The average molecular weight is 479 g/mol. The molecule has 2 atom stereocenters. The summed E-state index contributed by atoms with van der Waals surface area (Å²) < 4.78 is 22.3. The second-order valence-electron chi connectivity index (χ2n) is 6.36. The van der Waals surface area contributed by atoms with Crippen molar-refractivity contribution in [2.24, 2.45) is 4.99 Å². The number of hydrogen-bond acceptors (Lipinski definition) is 5. The van der Waals surface area contributed by atoms with E-state index in [0.29, 0.717) is 19.8 Å². The van der Waals surface area contributed by atoms with Gasteiger partial charge in [-0.2, -0.15) is 0 Å². The molecular formula is C18H30IN3O4. The highest BCUT2D eigenvalue weighted by Crippen LogP contribution is 2.21. The number of methoxy groups -OCH3 is 1. The van der Waals surface area contributed by atoms with E-state index in [2.05, 4.69) is 10.2 Å². The van der Waals surface area contributed by atoms with Crippen LogP contribution in [0, 0.1) is 0 Å². The highest BCUT2D eigenvalue weighted by Gasteiger charge is 2.32. The molecular weight excluding hydrogens is 449 g/mol. The van der Waals surface area contributed by atoms with Gasteiger partial charge >= 0.3 is 0 Å². The first-order chi connectivity index (χ1) is 12.4. The molecule has 0 radical (unpaired) electrons. The summed E-state index contributed by atoms with van der Waals surface area (Å²) in [5, 5.41) is 3.46. The number of ether oxygens (including phenoxy) is 3. The molecule has 3 rings (SSSR count). The largest absolute Gasteiger partial charge is 0.469 e. The number of guanidine groups is 1. The summed E-state index contributed by atoms with van der Waals surface area (Å²) in [5.74, 6) is 1.89. The van der Waals surface area contributed by atoms with E-state index in [1.807, 2.05) is 12.1 Å². The molecule has 1 N–H and O–H groups in total. The van der Waals surface area contributed by atoms with Crippen LogP contribution >= 0.6 is 24.0 Å². The minimum atomic E-state index is 0. The lowest BCUT2D eigenvalue weighted by Gasteiger charge is -2.37. The fourth-order valence-electron chi connectivity index (χ4n) is 3.25. The number of rotatable bonds is 7. The molecule has 1 aromatic rings. The van der Waals surface area contributed by atoms with E-state index in [1.54, 1.807) is 13.4 Å². The van der Waals surface area contributed by atoms with Crippen molar-refractivity contribution in [3.63, 3.8) is 0 Å². The van der Waals surface area contributed by atoms with Crippen LogP contribution < -0.4 is 5.32 Å². The van der Waals surface area contributed by atoms with E-state index in [1.165, 1.54) is 0 Å². The van der Waals surface area contributed by atoms with E-state index in [4.69, 9.17) is 23.6 Å². The van der Waals surface area contributed by atoms with Crippen LogP contribution in [0.15, 0.2) is 27.8 Å². The van der Waals surface area contributed by atoms with Crippen LogP contribution in [0.25, 0.3) is 0 Å². The third-order valence-corrected chi connectivity index (χ3v) is 4.56. The number of hydrogen-bond donors (Lipinski definition) is 1. The molecule has 7 nitrogen and oxygen atoms in total. The molecule has 2 aliphatic rings. The predicted molar refractivity (Wildman–Crippen MR) is 110 cm³/mol. The van der Waals surface area contributed by atoms with E-state index in [-0.39, 0.29) is 36.2 Å². The molecule has 26 heavy (non-hydrogen) atoms. The summed E-state index contributed by atoms with van der Waals surface area (Å²) in [4.78, 5) is 6.97. The van der Waals surface area contributed by atoms with Gasteiger partial charge in [0.25, 0.3) is 0 Å². The van der Waals surface area contributed by atoms with E-state index >= 15 is 0 Å². The molecule has 0 amide bonds. The van der Waals surface area contributed by atoms with Crippen LogP contribution in [-0.2, 0) is 20.6 Å². The van der Waals surface area contributed by atoms with E-state index in [0.717, 1.165) is 57.2 Å². The maximum Gasteiger partial charge on any atom is 0.194 e. The molecule has 2 unspecified atom stereocenters. The Balaban J connectivity index is 0.00000243. The van der Waals surface area contributed by atoms with Crippen molar-refractivity contribution < 1.29 is 18.6 Å². The van der Waals surface area contributed by atoms with Crippen molar-refractivity contribution in [2.45, 2.75) is 31.5 Å². The van der Waals surface area contributed by atoms with Gasteiger partial charge < -0.3 is 28.8 Å². The molecule has 3 heterocycles. The van der Waals surface area contributed by atoms with Crippen LogP contribution in [0.4, 0.5) is 0 Å². The van der Waals surface area contributed by atoms with Crippen molar-refractivity contribution in [1.29, 1.82) is 0 Å². The number of halogens is 1. The molecule has 0 aliphatic carbocycles. The minimum Gasteiger partial charge on any atom is -0.469 e. The smallest absolute Gasteiger partial charge is 0.194 e. The van der Waals surface area contributed by atoms with Gasteiger partial charge in [0, 0.05) is 39.8 Å². The Morgan fingerprint density at radius 2 is 2.23 bits per heavy atom. The van der Waals surface area contributed by atoms with Gasteiger partial charge in [0.05, 0.1) is 32.1 Å². The lowest BCUT2D eigenvalue weighted by atomic mass is 10.1. The van der Waals surface area contributed by atoms with Crippen LogP contribution in [0.3, 0.4) is 0 Å². The number of nitrogens with zero attached hydrogens (tertiary/aromatic N) is 2. The van der Waals surface area contributed by atoms with Gasteiger partial charge in [0.15, 0.2) is 5.96 Å². The second-order valence-corrected chi connectivity index (χ2v) is 6.36. The molecule has 1 aromatic heterocycles. The van der Waals surface area contributed by atoms with E-state index < -0.39 is 0 Å². The normalized spacial score (nSPS) is 23.7. The number of furan rings is 1. The summed E-state index contributed by atoms with van der Waals surface area (Å²) >= 11 is 0. The summed E-state index contributed by atoms with van der Waals surface area (Å²) in [7, 11) is 1.70. The number of nitrogens with one attached hydrogen (secondary N) is 1. The van der Waals surface area contributed by atoms with Gasteiger partial charge in [-0.25, -0.2) is 0 Å². The van der Waals surface area contributed by atoms with Gasteiger partial charge in [-0.3, -0.25) is 4.99 Å². The molecule has 2 aliphatic heterocycles. The third kappa shape index (κ3) is 6.40. The molecule has 148 valence electrons. The first kappa shape index (κ1) is 21.5. The Kier molecular flexibility index (Phi) is 9.73. The van der Waals surface area contributed by atoms with Crippen molar-refractivity contribution in [3.05, 3.63) is 24.2 Å². The van der Waals surface area contributed by atoms with Crippen molar-refractivity contribution in [1.82, 2.24) is 10.2 Å². The van der Waals surface area contributed by atoms with Crippen molar-refractivity contribution >= 4 is 29.9 Å². The van der Waals surface area contributed by atoms with Crippen LogP contribution in [0.1, 0.15) is 18.6 Å². The predicted octanol–water partition coefficient (Wildman–Crippen LogP) is 1.91. The fraction of sp³-hybridized carbons (Fsp3) is 0.722. The van der Waals surface area contributed by atoms with Crippen LogP contribution in [-0.4, -0.2) is 76.2 Å². The van der Waals surface area contributed by atoms with Gasteiger partial charge in [0.2, 0.25) is 0 Å². The summed E-state index contributed by atoms with van der Waals surface area (Å²) in [6, 6.07) is 3.91. The quantitative estimate of drug-likeness (QED) is 0.279. The first-order valence-electron chi connectivity index (χ1n) is 9.14. The van der Waals surface area contributed by atoms with Crippen LogP contribution in [0.2, 0.25) is 0 Å². The third-order valence-electron chi connectivity index (χ3n) is 4.56. The lowest BCUT2D eigenvalue weighted by Crippen LogP contribution is -2.53. The molecule has 0 bridgehead atoms. The maximum absolute atomic E-state index is 5.94. The zero-order valence-corrected chi connectivity index (χ0v) is 17.7. The monoisotopic (exact) mass is 479 g/mol. The Morgan fingerprint density at radius 3 is 2.96 bits per heavy atom. The molecule has 0 saturated carbocycles.